The topological polar surface area (TPSA) is 73.9 Å². The number of hydrogen-bond donors (Lipinski definition) is 2. The second kappa shape index (κ2) is 15.5. The summed E-state index contributed by atoms with van der Waals surface area (Å²) in [5.41, 5.74) is 3.84. The van der Waals surface area contributed by atoms with Crippen molar-refractivity contribution in [2.45, 2.75) is 44.7 Å². The van der Waals surface area contributed by atoms with Gasteiger partial charge in [-0.1, -0.05) is 60.7 Å². The van der Waals surface area contributed by atoms with Gasteiger partial charge in [-0.2, -0.15) is 0 Å². The summed E-state index contributed by atoms with van der Waals surface area (Å²) in [4.78, 5) is 30.9. The maximum absolute atomic E-state index is 13.5. The fourth-order valence-electron chi connectivity index (χ4n) is 5.38. The minimum Gasteiger partial charge on any atom is -0.497 e. The van der Waals surface area contributed by atoms with E-state index in [2.05, 4.69) is 29.2 Å². The van der Waals surface area contributed by atoms with Crippen LogP contribution in [0.5, 0.6) is 0 Å². The lowest BCUT2D eigenvalue weighted by atomic mass is 10.0. The molecule has 2 N–H and O–H groups in total. The van der Waals surface area contributed by atoms with E-state index in [4.69, 9.17) is 4.74 Å². The smallest absolute Gasteiger partial charge is 0.251 e. The predicted molar refractivity (Wildman–Crippen MR) is 170 cm³/mol. The second-order valence-corrected chi connectivity index (χ2v) is 11.3. The molecule has 1 aliphatic carbocycles. The number of hydrogen-bond acceptors (Lipinski definition) is 5. The Balaban J connectivity index is 1.28. The highest BCUT2D eigenvalue weighted by molar-refractivity contribution is 5.98. The van der Waals surface area contributed by atoms with Gasteiger partial charge in [-0.15, -0.1) is 0 Å². The number of rotatable bonds is 14. The zero-order valence-corrected chi connectivity index (χ0v) is 25.4. The summed E-state index contributed by atoms with van der Waals surface area (Å²) in [5.74, 6) is 1.10. The lowest BCUT2D eigenvalue weighted by Crippen LogP contribution is -2.54. The summed E-state index contributed by atoms with van der Waals surface area (Å²) in [5, 5.41) is 6.70. The van der Waals surface area contributed by atoms with Crippen LogP contribution in [0.25, 0.3) is 11.1 Å². The third-order valence-corrected chi connectivity index (χ3v) is 8.25. The van der Waals surface area contributed by atoms with Gasteiger partial charge >= 0.3 is 0 Å². The lowest BCUT2D eigenvalue weighted by molar-refractivity contribution is -0.135. The standard InChI is InChI=1S/C35H46N4O3/c1-5-30(42-4)19-14-26(2)31-25-33(31)36-20-10-9-13-32(35(41)39-23-21-38(3)22-24-39)37-34(40)29-17-15-28(16-18-29)27-11-7-6-8-12-27/h5-8,11-12,14-19,31-33,36H,2,9-10,13,20-25H2,1,3-4H3,(H,37,40)/b19-14-,30-5+/t31-,32-,33?/m0/s1. The first kappa shape index (κ1) is 31.3. The Morgan fingerprint density at radius 2 is 1.69 bits per heavy atom. The van der Waals surface area contributed by atoms with Gasteiger partial charge in [0.1, 0.15) is 11.8 Å². The van der Waals surface area contributed by atoms with Crippen LogP contribution in [0.3, 0.4) is 0 Å². The summed E-state index contributed by atoms with van der Waals surface area (Å²) in [6.07, 6.45) is 9.42. The number of allylic oxidation sites excluding steroid dienone is 3. The van der Waals surface area contributed by atoms with E-state index < -0.39 is 6.04 Å². The first-order valence-electron chi connectivity index (χ1n) is 15.1. The minimum atomic E-state index is -0.533. The quantitative estimate of drug-likeness (QED) is 0.189. The van der Waals surface area contributed by atoms with Gasteiger partial charge in [-0.25, -0.2) is 0 Å². The number of carbonyl (C=O) groups is 2. The van der Waals surface area contributed by atoms with Crippen molar-refractivity contribution in [2.24, 2.45) is 5.92 Å². The van der Waals surface area contributed by atoms with Gasteiger partial charge in [-0.3, -0.25) is 9.59 Å². The molecule has 7 nitrogen and oxygen atoms in total. The molecule has 42 heavy (non-hydrogen) atoms. The minimum absolute atomic E-state index is 0.0206. The maximum Gasteiger partial charge on any atom is 0.251 e. The van der Waals surface area contributed by atoms with Crippen molar-refractivity contribution < 1.29 is 14.3 Å². The highest BCUT2D eigenvalue weighted by atomic mass is 16.5. The fraction of sp³-hybridized carbons (Fsp3) is 0.429. The SMILES string of the molecule is C=C(/C=C\C(=C/C)OC)[C@@H]1CC1NCCCC[C@H](NC(=O)c1ccc(-c2ccccc2)cc1)C(=O)N1CCN(C)CC1. The third-order valence-electron chi connectivity index (χ3n) is 8.25. The van der Waals surface area contributed by atoms with E-state index in [1.807, 2.05) is 84.6 Å². The molecular weight excluding hydrogens is 524 g/mol. The Morgan fingerprint density at radius 3 is 2.36 bits per heavy atom. The Labute approximate surface area is 251 Å². The highest BCUT2D eigenvalue weighted by Gasteiger charge is 2.37. The molecule has 2 aromatic carbocycles. The molecule has 0 radical (unpaired) electrons. The van der Waals surface area contributed by atoms with Crippen LogP contribution in [0, 0.1) is 5.92 Å². The molecule has 2 amide bonds. The molecule has 7 heteroatoms. The zero-order valence-electron chi connectivity index (χ0n) is 25.4. The van der Waals surface area contributed by atoms with Gasteiger partial charge < -0.3 is 25.2 Å². The number of ether oxygens (including phenoxy) is 1. The molecule has 2 aliphatic rings. The van der Waals surface area contributed by atoms with Gasteiger partial charge in [0, 0.05) is 43.7 Å². The van der Waals surface area contributed by atoms with Crippen LogP contribution in [0.15, 0.2) is 90.7 Å². The monoisotopic (exact) mass is 570 g/mol. The molecule has 1 aliphatic heterocycles. The highest BCUT2D eigenvalue weighted by Crippen LogP contribution is 2.37. The van der Waals surface area contributed by atoms with Crippen molar-refractivity contribution in [3.8, 4) is 11.1 Å². The molecule has 1 heterocycles. The molecule has 0 aromatic heterocycles. The fourth-order valence-corrected chi connectivity index (χ4v) is 5.38. The molecule has 224 valence electrons. The van der Waals surface area contributed by atoms with Crippen LogP contribution >= 0.6 is 0 Å². The lowest BCUT2D eigenvalue weighted by Gasteiger charge is -2.34. The van der Waals surface area contributed by atoms with Crippen LogP contribution in [0.1, 0.15) is 43.0 Å². The number of likely N-dealkylation sites (N-methyl/N-ethyl adjacent to an activating group) is 1. The summed E-state index contributed by atoms with van der Waals surface area (Å²) < 4.78 is 5.28. The summed E-state index contributed by atoms with van der Waals surface area (Å²) in [6, 6.07) is 17.6. The van der Waals surface area contributed by atoms with Crippen LogP contribution in [-0.2, 0) is 9.53 Å². The van der Waals surface area contributed by atoms with Crippen LogP contribution in [0.4, 0.5) is 0 Å². The Bertz CT molecular complexity index is 1250. The summed E-state index contributed by atoms with van der Waals surface area (Å²) in [6.45, 7) is 10.1. The van der Waals surface area contributed by atoms with Gasteiger partial charge in [0.25, 0.3) is 5.91 Å². The molecule has 3 atom stereocenters. The molecule has 2 aromatic rings. The van der Waals surface area contributed by atoms with E-state index in [-0.39, 0.29) is 11.8 Å². The van der Waals surface area contributed by atoms with Crippen molar-refractivity contribution in [3.05, 3.63) is 96.3 Å². The number of piperazine rings is 1. The van der Waals surface area contributed by atoms with Crippen molar-refractivity contribution >= 4 is 11.8 Å². The third kappa shape index (κ3) is 8.91. The molecular formula is C35H46N4O3. The maximum atomic E-state index is 13.5. The van der Waals surface area contributed by atoms with E-state index in [0.29, 0.717) is 37.0 Å². The molecule has 0 spiro atoms. The van der Waals surface area contributed by atoms with Crippen LogP contribution in [-0.4, -0.2) is 80.6 Å². The van der Waals surface area contributed by atoms with Crippen molar-refractivity contribution in [1.82, 2.24) is 20.4 Å². The number of carbonyl (C=O) groups excluding carboxylic acids is 2. The number of nitrogens with one attached hydrogen (secondary N) is 2. The van der Waals surface area contributed by atoms with Crippen molar-refractivity contribution in [2.75, 3.05) is 46.9 Å². The average molecular weight is 571 g/mol. The zero-order chi connectivity index (χ0) is 29.9. The molecule has 1 saturated carbocycles. The number of nitrogens with zero attached hydrogens (tertiary/aromatic N) is 2. The number of amides is 2. The van der Waals surface area contributed by atoms with Gasteiger partial charge in [0.05, 0.1) is 7.11 Å². The van der Waals surface area contributed by atoms with Crippen molar-refractivity contribution in [1.29, 1.82) is 0 Å². The normalized spacial score (nSPS) is 19.9. The first-order valence-corrected chi connectivity index (χ1v) is 15.1. The summed E-state index contributed by atoms with van der Waals surface area (Å²) >= 11 is 0. The van der Waals surface area contributed by atoms with Crippen molar-refractivity contribution in [3.63, 3.8) is 0 Å². The molecule has 4 rings (SSSR count). The van der Waals surface area contributed by atoms with Crippen LogP contribution in [0.2, 0.25) is 0 Å². The van der Waals surface area contributed by atoms with E-state index in [1.54, 1.807) is 7.11 Å². The van der Waals surface area contributed by atoms with Crippen LogP contribution < -0.4 is 10.6 Å². The van der Waals surface area contributed by atoms with Gasteiger partial charge in [-0.05, 0) is 81.6 Å². The number of methoxy groups -OCH3 is 1. The van der Waals surface area contributed by atoms with Gasteiger partial charge in [0.15, 0.2) is 0 Å². The largest absolute Gasteiger partial charge is 0.497 e. The number of benzene rings is 2. The predicted octanol–water partition coefficient (Wildman–Crippen LogP) is 5.04. The Kier molecular flexibility index (Phi) is 11.6. The molecule has 1 saturated heterocycles. The Morgan fingerprint density at radius 1 is 1.00 bits per heavy atom. The van der Waals surface area contributed by atoms with E-state index in [1.165, 1.54) is 0 Å². The molecule has 2 fully saturated rings. The molecule has 0 bridgehead atoms. The number of unbranched alkanes of at least 4 members (excludes halogenated alkanes) is 1. The average Bonchev–Trinajstić information content (AvgIpc) is 3.81. The first-order chi connectivity index (χ1) is 20.4. The van der Waals surface area contributed by atoms with E-state index in [9.17, 15) is 9.59 Å². The summed E-state index contributed by atoms with van der Waals surface area (Å²) in [7, 11) is 3.74. The molecule has 1 unspecified atom stereocenters. The van der Waals surface area contributed by atoms with E-state index in [0.717, 1.165) is 61.4 Å². The van der Waals surface area contributed by atoms with Gasteiger partial charge in [0.2, 0.25) is 5.91 Å². The Hall–Kier alpha value is -3.68. The second-order valence-electron chi connectivity index (χ2n) is 11.3. The van der Waals surface area contributed by atoms with E-state index >= 15 is 0 Å².